The van der Waals surface area contributed by atoms with Crippen LogP contribution in [0.25, 0.3) is 0 Å². The molecule has 5 nitrogen and oxygen atoms in total. The maximum atomic E-state index is 9.96. The molecule has 0 saturated heterocycles. The van der Waals surface area contributed by atoms with Crippen molar-refractivity contribution in [3.05, 3.63) is 48.3 Å². The Balaban J connectivity index is 2.27. The molecule has 0 spiro atoms. The molecule has 0 aliphatic rings. The summed E-state index contributed by atoms with van der Waals surface area (Å²) in [5.41, 5.74) is 1.46. The molecule has 0 fully saturated rings. The number of H-pyrrole nitrogens is 1. The number of nitrogens with one attached hydrogen (secondary N) is 1. The molecule has 17 heavy (non-hydrogen) atoms. The molecule has 0 amide bonds. The predicted octanol–water partition coefficient (Wildman–Crippen LogP) is 1.99. The van der Waals surface area contributed by atoms with Crippen molar-refractivity contribution in [3.63, 3.8) is 0 Å². The first-order valence-corrected chi connectivity index (χ1v) is 5.12. The average molecular weight is 228 g/mol. The lowest BCUT2D eigenvalue weighted by molar-refractivity contribution is 0.469. The third-order valence-electron chi connectivity index (χ3n) is 2.24. The van der Waals surface area contributed by atoms with E-state index in [0.717, 1.165) is 5.56 Å². The highest BCUT2D eigenvalue weighted by molar-refractivity contribution is 5.85. The van der Waals surface area contributed by atoms with Crippen molar-refractivity contribution in [1.82, 2.24) is 15.2 Å². The van der Waals surface area contributed by atoms with E-state index >= 15 is 0 Å². The van der Waals surface area contributed by atoms with Crippen molar-refractivity contribution in [1.29, 1.82) is 0 Å². The van der Waals surface area contributed by atoms with Crippen LogP contribution in [0.5, 0.6) is 5.75 Å². The van der Waals surface area contributed by atoms with E-state index in [9.17, 15) is 5.11 Å². The Hall–Kier alpha value is -2.43. The fraction of sp³-hybridized carbons (Fsp3) is 0.0833. The zero-order chi connectivity index (χ0) is 12.1. The highest BCUT2D eigenvalue weighted by Gasteiger charge is 2.03. The van der Waals surface area contributed by atoms with Crippen LogP contribution in [-0.2, 0) is 6.42 Å². The Morgan fingerprint density at radius 1 is 1.47 bits per heavy atom. The summed E-state index contributed by atoms with van der Waals surface area (Å²) in [7, 11) is 0. The third kappa shape index (κ3) is 2.57. The van der Waals surface area contributed by atoms with Crippen LogP contribution in [0.4, 0.5) is 5.95 Å². The number of allylic oxidation sites excluding steroid dienone is 1. The topological polar surface area (TPSA) is 74.2 Å². The summed E-state index contributed by atoms with van der Waals surface area (Å²) in [6, 6.07) is 5.49. The normalized spacial score (nSPS) is 10.8. The molecule has 2 rings (SSSR count). The fourth-order valence-electron chi connectivity index (χ4n) is 1.43. The summed E-state index contributed by atoms with van der Waals surface area (Å²) >= 11 is 0. The lowest BCUT2D eigenvalue weighted by Crippen LogP contribution is -1.88. The number of phenols is 1. The Morgan fingerprint density at radius 2 is 2.35 bits per heavy atom. The molecular weight excluding hydrogens is 216 g/mol. The van der Waals surface area contributed by atoms with Crippen LogP contribution in [-0.4, -0.2) is 26.5 Å². The molecule has 2 N–H and O–H groups in total. The van der Waals surface area contributed by atoms with Crippen LogP contribution < -0.4 is 0 Å². The van der Waals surface area contributed by atoms with Gasteiger partial charge in [0.15, 0.2) is 0 Å². The maximum Gasteiger partial charge on any atom is 0.245 e. The Bertz CT molecular complexity index is 531. The van der Waals surface area contributed by atoms with Crippen LogP contribution in [0, 0.1) is 0 Å². The number of aromatic hydroxyl groups is 1. The lowest BCUT2D eigenvalue weighted by Gasteiger charge is -2.03. The number of benzene rings is 1. The second-order valence-corrected chi connectivity index (χ2v) is 3.42. The van der Waals surface area contributed by atoms with Gasteiger partial charge in [0.25, 0.3) is 0 Å². The van der Waals surface area contributed by atoms with Gasteiger partial charge in [-0.25, -0.2) is 10.1 Å². The fourth-order valence-corrected chi connectivity index (χ4v) is 1.43. The number of hydrogen-bond donors (Lipinski definition) is 2. The molecule has 0 bridgehead atoms. The van der Waals surface area contributed by atoms with E-state index in [1.807, 2.05) is 12.1 Å². The van der Waals surface area contributed by atoms with E-state index in [-0.39, 0.29) is 5.75 Å². The van der Waals surface area contributed by atoms with Crippen LogP contribution in [0.3, 0.4) is 0 Å². The quantitative estimate of drug-likeness (QED) is 0.620. The van der Waals surface area contributed by atoms with Gasteiger partial charge in [-0.1, -0.05) is 18.2 Å². The van der Waals surface area contributed by atoms with Crippen molar-refractivity contribution < 1.29 is 5.11 Å². The summed E-state index contributed by atoms with van der Waals surface area (Å²) < 4.78 is 0. The first-order chi connectivity index (χ1) is 8.31. The Morgan fingerprint density at radius 3 is 3.06 bits per heavy atom. The molecule has 2 aromatic rings. The number of phenolic OH excluding ortho intramolecular Hbond substituents is 1. The second-order valence-electron chi connectivity index (χ2n) is 3.42. The van der Waals surface area contributed by atoms with Gasteiger partial charge in [-0.15, -0.1) is 6.58 Å². The molecular formula is C12H12N4O. The number of aromatic amines is 1. The molecule has 1 heterocycles. The molecule has 1 aromatic heterocycles. The van der Waals surface area contributed by atoms with Crippen molar-refractivity contribution in [2.45, 2.75) is 6.42 Å². The number of para-hydroxylation sites is 1. The van der Waals surface area contributed by atoms with Gasteiger partial charge in [0.1, 0.15) is 12.1 Å². The van der Waals surface area contributed by atoms with Gasteiger partial charge < -0.3 is 5.11 Å². The smallest absolute Gasteiger partial charge is 0.245 e. The maximum absolute atomic E-state index is 9.96. The van der Waals surface area contributed by atoms with Gasteiger partial charge >= 0.3 is 0 Å². The van der Waals surface area contributed by atoms with Gasteiger partial charge in [-0.3, -0.25) is 0 Å². The van der Waals surface area contributed by atoms with Crippen LogP contribution in [0.2, 0.25) is 0 Å². The highest BCUT2D eigenvalue weighted by atomic mass is 16.3. The molecule has 0 unspecified atom stereocenters. The van der Waals surface area contributed by atoms with Crippen molar-refractivity contribution >= 4 is 12.2 Å². The van der Waals surface area contributed by atoms with E-state index in [1.54, 1.807) is 18.4 Å². The van der Waals surface area contributed by atoms with Crippen LogP contribution in [0.15, 0.2) is 42.2 Å². The molecule has 0 aliphatic heterocycles. The van der Waals surface area contributed by atoms with Gasteiger partial charge in [-0.2, -0.15) is 10.1 Å². The molecule has 0 atom stereocenters. The number of aliphatic imine (C=N–C) groups is 1. The Labute approximate surface area is 98.6 Å². The SMILES string of the molecule is C=CCc1cccc(/C=N/c2ncn[nH]2)c1O. The summed E-state index contributed by atoms with van der Waals surface area (Å²) in [4.78, 5) is 7.92. The molecule has 1 aromatic carbocycles. The third-order valence-corrected chi connectivity index (χ3v) is 2.24. The number of nitrogens with zero attached hydrogens (tertiary/aromatic N) is 3. The summed E-state index contributed by atoms with van der Waals surface area (Å²) in [5, 5.41) is 16.3. The van der Waals surface area contributed by atoms with E-state index < -0.39 is 0 Å². The Kier molecular flexibility index (Phi) is 3.30. The monoisotopic (exact) mass is 228 g/mol. The van der Waals surface area contributed by atoms with Crippen molar-refractivity contribution in [3.8, 4) is 5.75 Å². The zero-order valence-corrected chi connectivity index (χ0v) is 9.17. The van der Waals surface area contributed by atoms with Gasteiger partial charge in [0, 0.05) is 11.8 Å². The van der Waals surface area contributed by atoms with Crippen molar-refractivity contribution in [2.75, 3.05) is 0 Å². The van der Waals surface area contributed by atoms with E-state index in [0.29, 0.717) is 17.9 Å². The number of rotatable bonds is 4. The molecule has 0 radical (unpaired) electrons. The number of hydrogen-bond acceptors (Lipinski definition) is 4. The minimum atomic E-state index is 0.218. The predicted molar refractivity (Wildman–Crippen MR) is 65.6 cm³/mol. The van der Waals surface area contributed by atoms with E-state index in [4.69, 9.17) is 0 Å². The lowest BCUT2D eigenvalue weighted by atomic mass is 10.1. The standard InChI is InChI=1S/C12H12N4O/c1-2-4-9-5-3-6-10(11(9)17)7-13-12-14-8-15-16-12/h2-3,5-8,17H,1,4H2,(H,14,15,16)/b13-7+. The molecule has 5 heteroatoms. The first kappa shape index (κ1) is 11.1. The zero-order valence-electron chi connectivity index (χ0n) is 9.17. The van der Waals surface area contributed by atoms with Crippen molar-refractivity contribution in [2.24, 2.45) is 4.99 Å². The first-order valence-electron chi connectivity index (χ1n) is 5.12. The van der Waals surface area contributed by atoms with Crippen LogP contribution >= 0.6 is 0 Å². The number of aromatic nitrogens is 3. The van der Waals surface area contributed by atoms with Gasteiger partial charge in [0.05, 0.1) is 0 Å². The second kappa shape index (κ2) is 5.07. The molecule has 86 valence electrons. The highest BCUT2D eigenvalue weighted by Crippen LogP contribution is 2.22. The van der Waals surface area contributed by atoms with E-state index in [2.05, 4.69) is 26.8 Å². The molecule has 0 aliphatic carbocycles. The van der Waals surface area contributed by atoms with Gasteiger partial charge in [0.2, 0.25) is 5.95 Å². The van der Waals surface area contributed by atoms with Crippen LogP contribution in [0.1, 0.15) is 11.1 Å². The minimum absolute atomic E-state index is 0.218. The minimum Gasteiger partial charge on any atom is -0.507 e. The van der Waals surface area contributed by atoms with Gasteiger partial charge in [-0.05, 0) is 18.1 Å². The summed E-state index contributed by atoms with van der Waals surface area (Å²) in [6.07, 6.45) is 5.28. The van der Waals surface area contributed by atoms with E-state index in [1.165, 1.54) is 6.33 Å². The summed E-state index contributed by atoms with van der Waals surface area (Å²) in [5.74, 6) is 0.620. The summed E-state index contributed by atoms with van der Waals surface area (Å²) in [6.45, 7) is 3.65. The molecule has 0 saturated carbocycles. The average Bonchev–Trinajstić information content (AvgIpc) is 2.83. The largest absolute Gasteiger partial charge is 0.507 e.